The van der Waals surface area contributed by atoms with Crippen LogP contribution in [0.5, 0.6) is 0 Å². The number of anilines is 1. The van der Waals surface area contributed by atoms with Crippen molar-refractivity contribution in [1.29, 1.82) is 0 Å². The van der Waals surface area contributed by atoms with Crippen LogP contribution in [0, 0.1) is 5.82 Å². The largest absolute Gasteiger partial charge is 0.398 e. The first-order valence-corrected chi connectivity index (χ1v) is 7.19. The highest BCUT2D eigenvalue weighted by atomic mass is 32.2. The molecule has 0 saturated carbocycles. The van der Waals surface area contributed by atoms with Crippen molar-refractivity contribution >= 4 is 15.7 Å². The van der Waals surface area contributed by atoms with Crippen molar-refractivity contribution in [2.45, 2.75) is 11.3 Å². The number of aliphatic hydroxyl groups is 1. The third kappa shape index (κ3) is 5.11. The lowest BCUT2D eigenvalue weighted by Crippen LogP contribution is -2.26. The quantitative estimate of drug-likeness (QED) is 0.465. The van der Waals surface area contributed by atoms with E-state index in [0.717, 1.165) is 12.1 Å². The lowest BCUT2D eigenvalue weighted by atomic mass is 10.3. The van der Waals surface area contributed by atoms with E-state index in [1.807, 2.05) is 0 Å². The molecule has 108 valence electrons. The molecule has 8 heteroatoms. The fraction of sp³-hybridized carbons (Fsp3) is 0.455. The minimum absolute atomic E-state index is 0.00886. The lowest BCUT2D eigenvalue weighted by Gasteiger charge is -2.09. The van der Waals surface area contributed by atoms with E-state index < -0.39 is 15.8 Å². The SMILES string of the molecule is Nc1ccc(F)cc1S(=O)(=O)NCCCOCCO. The number of sulfonamides is 1. The molecule has 19 heavy (non-hydrogen) atoms. The lowest BCUT2D eigenvalue weighted by molar-refractivity contribution is 0.0913. The predicted molar refractivity (Wildman–Crippen MR) is 68.5 cm³/mol. The van der Waals surface area contributed by atoms with Crippen LogP contribution < -0.4 is 10.5 Å². The maximum atomic E-state index is 13.0. The zero-order chi connectivity index (χ0) is 14.3. The summed E-state index contributed by atoms with van der Waals surface area (Å²) in [5.41, 5.74) is 5.50. The number of nitrogens with one attached hydrogen (secondary N) is 1. The summed E-state index contributed by atoms with van der Waals surface area (Å²) in [5, 5.41) is 8.47. The van der Waals surface area contributed by atoms with Crippen LogP contribution in [-0.4, -0.2) is 39.9 Å². The monoisotopic (exact) mass is 292 g/mol. The molecule has 1 rings (SSSR count). The molecule has 0 saturated heterocycles. The number of ether oxygens (including phenoxy) is 1. The Balaban J connectivity index is 2.54. The third-order valence-corrected chi connectivity index (χ3v) is 3.78. The Labute approximate surface area is 111 Å². The molecule has 0 atom stereocenters. The zero-order valence-electron chi connectivity index (χ0n) is 10.3. The number of hydrogen-bond acceptors (Lipinski definition) is 5. The van der Waals surface area contributed by atoms with Gasteiger partial charge in [-0.15, -0.1) is 0 Å². The molecule has 0 aliphatic heterocycles. The summed E-state index contributed by atoms with van der Waals surface area (Å²) in [5.74, 6) is -0.666. The van der Waals surface area contributed by atoms with Gasteiger partial charge in [0.05, 0.1) is 18.9 Å². The maximum Gasteiger partial charge on any atom is 0.242 e. The zero-order valence-corrected chi connectivity index (χ0v) is 11.1. The average molecular weight is 292 g/mol. The highest BCUT2D eigenvalue weighted by Gasteiger charge is 2.17. The Morgan fingerprint density at radius 1 is 1.37 bits per heavy atom. The van der Waals surface area contributed by atoms with Gasteiger partial charge in [0.1, 0.15) is 10.7 Å². The van der Waals surface area contributed by atoms with Crippen LogP contribution in [0.4, 0.5) is 10.1 Å². The highest BCUT2D eigenvalue weighted by molar-refractivity contribution is 7.89. The number of nitrogens with two attached hydrogens (primary N) is 1. The van der Waals surface area contributed by atoms with Crippen molar-refractivity contribution in [3.8, 4) is 0 Å². The van der Waals surface area contributed by atoms with Crippen LogP contribution in [0.25, 0.3) is 0 Å². The topological polar surface area (TPSA) is 102 Å². The van der Waals surface area contributed by atoms with E-state index >= 15 is 0 Å². The van der Waals surface area contributed by atoms with Crippen LogP contribution in [0.2, 0.25) is 0 Å². The molecule has 1 aromatic rings. The Morgan fingerprint density at radius 2 is 2.11 bits per heavy atom. The number of aliphatic hydroxyl groups excluding tert-OH is 1. The fourth-order valence-electron chi connectivity index (χ4n) is 1.37. The van der Waals surface area contributed by atoms with Crippen molar-refractivity contribution in [1.82, 2.24) is 4.72 Å². The van der Waals surface area contributed by atoms with E-state index in [4.69, 9.17) is 15.6 Å². The molecule has 0 spiro atoms. The number of hydrogen-bond donors (Lipinski definition) is 3. The smallest absolute Gasteiger partial charge is 0.242 e. The molecule has 0 heterocycles. The fourth-order valence-corrected chi connectivity index (χ4v) is 2.58. The van der Waals surface area contributed by atoms with E-state index in [2.05, 4.69) is 4.72 Å². The van der Waals surface area contributed by atoms with Gasteiger partial charge in [-0.25, -0.2) is 17.5 Å². The minimum Gasteiger partial charge on any atom is -0.398 e. The van der Waals surface area contributed by atoms with Crippen molar-refractivity contribution in [2.75, 3.05) is 32.1 Å². The first-order valence-electron chi connectivity index (χ1n) is 5.70. The van der Waals surface area contributed by atoms with Crippen molar-refractivity contribution in [3.05, 3.63) is 24.0 Å². The maximum absolute atomic E-state index is 13.0. The summed E-state index contributed by atoms with van der Waals surface area (Å²) in [6.45, 7) is 0.598. The summed E-state index contributed by atoms with van der Waals surface area (Å²) in [6, 6.07) is 3.17. The van der Waals surface area contributed by atoms with Gasteiger partial charge in [0, 0.05) is 13.2 Å². The summed E-state index contributed by atoms with van der Waals surface area (Å²) in [6.07, 6.45) is 0.439. The molecule has 1 aromatic carbocycles. The van der Waals surface area contributed by atoms with Gasteiger partial charge in [-0.1, -0.05) is 0 Å². The second-order valence-electron chi connectivity index (χ2n) is 3.77. The van der Waals surface area contributed by atoms with Gasteiger partial charge in [-0.3, -0.25) is 0 Å². The molecule has 0 bridgehead atoms. The number of benzene rings is 1. The molecular weight excluding hydrogens is 275 g/mol. The molecular formula is C11H17FN2O4S. The molecule has 0 aromatic heterocycles. The van der Waals surface area contributed by atoms with E-state index in [1.54, 1.807) is 0 Å². The van der Waals surface area contributed by atoms with E-state index in [1.165, 1.54) is 6.07 Å². The van der Waals surface area contributed by atoms with Crippen LogP contribution >= 0.6 is 0 Å². The van der Waals surface area contributed by atoms with Gasteiger partial charge in [0.25, 0.3) is 0 Å². The predicted octanol–water partition coefficient (Wildman–Crippen LogP) is 0.0852. The van der Waals surface area contributed by atoms with Gasteiger partial charge in [-0.05, 0) is 24.6 Å². The van der Waals surface area contributed by atoms with Crippen LogP contribution in [-0.2, 0) is 14.8 Å². The minimum atomic E-state index is -3.83. The number of halogens is 1. The molecule has 0 unspecified atom stereocenters. The summed E-state index contributed by atoms with van der Waals surface area (Å²) < 4.78 is 44.0. The first-order chi connectivity index (χ1) is 8.97. The standard InChI is InChI=1S/C11H17FN2O4S/c12-9-2-3-10(13)11(8-9)19(16,17)14-4-1-6-18-7-5-15/h2-3,8,14-15H,1,4-7,13H2. The normalized spacial score (nSPS) is 11.7. The second-order valence-corrected chi connectivity index (χ2v) is 5.50. The first kappa shape index (κ1) is 15.8. The summed E-state index contributed by atoms with van der Waals surface area (Å²) >= 11 is 0. The number of rotatable bonds is 8. The molecule has 0 fully saturated rings. The van der Waals surface area contributed by atoms with E-state index in [-0.39, 0.29) is 30.3 Å². The van der Waals surface area contributed by atoms with Crippen molar-refractivity contribution in [3.63, 3.8) is 0 Å². The van der Waals surface area contributed by atoms with Gasteiger partial charge in [0.15, 0.2) is 0 Å². The Morgan fingerprint density at radius 3 is 2.79 bits per heavy atom. The molecule has 6 nitrogen and oxygen atoms in total. The molecule has 4 N–H and O–H groups in total. The van der Waals surface area contributed by atoms with Gasteiger partial charge < -0.3 is 15.6 Å². The Bertz CT molecular complexity index is 507. The van der Waals surface area contributed by atoms with Crippen LogP contribution in [0.1, 0.15) is 6.42 Å². The summed E-state index contributed by atoms with van der Waals surface area (Å²) in [7, 11) is -3.83. The third-order valence-electron chi connectivity index (χ3n) is 2.26. The van der Waals surface area contributed by atoms with E-state index in [0.29, 0.717) is 13.0 Å². The molecule has 0 radical (unpaired) electrons. The second kappa shape index (κ2) is 7.39. The molecule has 0 amide bonds. The molecule has 0 aliphatic carbocycles. The van der Waals surface area contributed by atoms with E-state index in [9.17, 15) is 12.8 Å². The summed E-state index contributed by atoms with van der Waals surface area (Å²) in [4.78, 5) is -0.274. The van der Waals surface area contributed by atoms with Crippen molar-refractivity contribution in [2.24, 2.45) is 0 Å². The van der Waals surface area contributed by atoms with Crippen molar-refractivity contribution < 1.29 is 22.7 Å². The Hall–Kier alpha value is -1.22. The van der Waals surface area contributed by atoms with Crippen LogP contribution in [0.3, 0.4) is 0 Å². The average Bonchev–Trinajstić information content (AvgIpc) is 2.36. The van der Waals surface area contributed by atoms with Gasteiger partial charge in [0.2, 0.25) is 10.0 Å². The van der Waals surface area contributed by atoms with Gasteiger partial charge in [-0.2, -0.15) is 0 Å². The number of nitrogen functional groups attached to an aromatic ring is 1. The van der Waals surface area contributed by atoms with Crippen LogP contribution in [0.15, 0.2) is 23.1 Å². The highest BCUT2D eigenvalue weighted by Crippen LogP contribution is 2.18. The Kier molecular flexibility index (Phi) is 6.16. The molecule has 0 aliphatic rings. The van der Waals surface area contributed by atoms with Gasteiger partial charge >= 0.3 is 0 Å².